The van der Waals surface area contributed by atoms with Gasteiger partial charge < -0.3 is 14.4 Å². The smallest absolute Gasteiger partial charge is 0.461 e. The molecule has 1 aliphatic heterocycles. The molecule has 2 fully saturated rings. The Morgan fingerprint density at radius 1 is 1.00 bits per heavy atom. The molecule has 0 amide bonds. The van der Waals surface area contributed by atoms with E-state index in [1.807, 2.05) is 13.8 Å². The van der Waals surface area contributed by atoms with E-state index >= 15 is 0 Å². The number of rotatable bonds is 2. The molecule has 2 aliphatic rings. The molecule has 1 aliphatic carbocycles. The predicted molar refractivity (Wildman–Crippen MR) is 85.4 cm³/mol. The third kappa shape index (κ3) is 4.23. The van der Waals surface area contributed by atoms with Gasteiger partial charge in [0.2, 0.25) is 0 Å². The number of hydrogen-bond donors (Lipinski definition) is 1. The van der Waals surface area contributed by atoms with Crippen LogP contribution in [0.4, 0.5) is 0 Å². The fourth-order valence-corrected chi connectivity index (χ4v) is 2.93. The Morgan fingerprint density at radius 2 is 1.52 bits per heavy atom. The van der Waals surface area contributed by atoms with Crippen molar-refractivity contribution in [1.82, 2.24) is 0 Å². The first-order valence-electron chi connectivity index (χ1n) is 8.31. The van der Waals surface area contributed by atoms with Crippen LogP contribution in [-0.4, -0.2) is 29.4 Å². The van der Waals surface area contributed by atoms with Crippen molar-refractivity contribution in [3.05, 3.63) is 0 Å². The van der Waals surface area contributed by atoms with Crippen molar-refractivity contribution < 1.29 is 19.2 Å². The minimum atomic E-state index is -0.658. The molecular formula is C16H31BO4. The Balaban J connectivity index is 0.00000106. The molecule has 0 bridgehead atoms. The topological polar surface area (TPSA) is 55.8 Å². The molecule has 0 aromatic carbocycles. The highest BCUT2D eigenvalue weighted by Crippen LogP contribution is 2.44. The van der Waals surface area contributed by atoms with E-state index in [2.05, 4.69) is 27.7 Å². The summed E-state index contributed by atoms with van der Waals surface area (Å²) in [5.74, 6) is -0.521. The van der Waals surface area contributed by atoms with Crippen molar-refractivity contribution >= 4 is 13.1 Å². The Hall–Kier alpha value is -0.545. The van der Waals surface area contributed by atoms with E-state index in [1.165, 1.54) is 0 Å². The van der Waals surface area contributed by atoms with Gasteiger partial charge in [0.05, 0.1) is 17.1 Å². The Bertz CT molecular complexity index is 338. The average molecular weight is 298 g/mol. The summed E-state index contributed by atoms with van der Waals surface area (Å²) < 4.78 is 12.2. The minimum absolute atomic E-state index is 0.183. The molecule has 1 heterocycles. The van der Waals surface area contributed by atoms with Crippen molar-refractivity contribution in [2.45, 2.75) is 90.7 Å². The van der Waals surface area contributed by atoms with Gasteiger partial charge in [0, 0.05) is 0 Å². The quantitative estimate of drug-likeness (QED) is 0.615. The first-order chi connectivity index (χ1) is 9.73. The number of carboxylic acids is 1. The zero-order valence-corrected chi connectivity index (χ0v) is 14.4. The lowest BCUT2D eigenvalue weighted by Gasteiger charge is -2.32. The lowest BCUT2D eigenvalue weighted by molar-refractivity contribution is -0.142. The Kier molecular flexibility index (Phi) is 6.29. The molecule has 4 nitrogen and oxygen atoms in total. The van der Waals surface area contributed by atoms with E-state index in [-0.39, 0.29) is 24.2 Å². The van der Waals surface area contributed by atoms with Crippen molar-refractivity contribution in [2.75, 3.05) is 0 Å². The van der Waals surface area contributed by atoms with Crippen molar-refractivity contribution in [3.63, 3.8) is 0 Å². The van der Waals surface area contributed by atoms with Crippen LogP contribution in [0.3, 0.4) is 0 Å². The molecular weight excluding hydrogens is 267 g/mol. The largest absolute Gasteiger partial charge is 0.481 e. The van der Waals surface area contributed by atoms with E-state index in [0.29, 0.717) is 5.82 Å². The van der Waals surface area contributed by atoms with Gasteiger partial charge >= 0.3 is 13.1 Å². The van der Waals surface area contributed by atoms with E-state index in [9.17, 15) is 4.79 Å². The first-order valence-corrected chi connectivity index (χ1v) is 8.31. The molecule has 1 saturated carbocycles. The van der Waals surface area contributed by atoms with Crippen LogP contribution in [0.25, 0.3) is 0 Å². The molecule has 0 aromatic heterocycles. The lowest BCUT2D eigenvalue weighted by Crippen LogP contribution is -2.41. The molecule has 0 radical (unpaired) electrons. The van der Waals surface area contributed by atoms with Gasteiger partial charge in [-0.2, -0.15) is 0 Å². The highest BCUT2D eigenvalue weighted by molar-refractivity contribution is 6.47. The van der Waals surface area contributed by atoms with Gasteiger partial charge in [0.25, 0.3) is 0 Å². The summed E-state index contributed by atoms with van der Waals surface area (Å²) in [4.78, 5) is 11.1. The number of carbonyl (C=O) groups is 1. The number of aliphatic carboxylic acids is 1. The van der Waals surface area contributed by atoms with E-state index in [1.54, 1.807) is 0 Å². The first kappa shape index (κ1) is 18.5. The fourth-order valence-electron chi connectivity index (χ4n) is 2.93. The molecule has 5 heteroatoms. The maximum absolute atomic E-state index is 11.1. The van der Waals surface area contributed by atoms with Gasteiger partial charge in [0.1, 0.15) is 0 Å². The van der Waals surface area contributed by atoms with Crippen LogP contribution in [0.5, 0.6) is 0 Å². The Morgan fingerprint density at radius 3 is 2.00 bits per heavy atom. The van der Waals surface area contributed by atoms with Crippen LogP contribution in [0.1, 0.15) is 73.6 Å². The SMILES string of the molecule is CC.CC1(C)OB(C2CCCC(C(=O)O)CC2)OC1(C)C. The summed E-state index contributed by atoms with van der Waals surface area (Å²) in [6.07, 6.45) is 4.36. The number of hydrogen-bond acceptors (Lipinski definition) is 3. The minimum Gasteiger partial charge on any atom is -0.481 e. The molecule has 2 unspecified atom stereocenters. The predicted octanol–water partition coefficient (Wildman–Crippen LogP) is 4.14. The summed E-state index contributed by atoms with van der Waals surface area (Å²) in [6, 6.07) is 0. The second-order valence-corrected chi connectivity index (χ2v) is 6.93. The van der Waals surface area contributed by atoms with Crippen LogP contribution in [-0.2, 0) is 14.1 Å². The molecule has 2 rings (SSSR count). The van der Waals surface area contributed by atoms with Gasteiger partial charge in [-0.3, -0.25) is 4.79 Å². The third-order valence-electron chi connectivity index (χ3n) is 5.02. The second kappa shape index (κ2) is 7.14. The monoisotopic (exact) mass is 298 g/mol. The number of carboxylic acid groups (broad SMARTS) is 1. The highest BCUT2D eigenvalue weighted by atomic mass is 16.7. The summed E-state index contributed by atoms with van der Waals surface area (Å²) in [7, 11) is -0.183. The molecule has 2 atom stereocenters. The maximum atomic E-state index is 11.1. The zero-order chi connectivity index (χ0) is 16.3. The second-order valence-electron chi connectivity index (χ2n) is 6.93. The average Bonchev–Trinajstić information content (AvgIpc) is 2.60. The molecule has 1 saturated heterocycles. The van der Waals surface area contributed by atoms with Gasteiger partial charge in [-0.15, -0.1) is 0 Å². The summed E-state index contributed by atoms with van der Waals surface area (Å²) in [5.41, 5.74) is -0.591. The molecule has 0 spiro atoms. The summed E-state index contributed by atoms with van der Waals surface area (Å²) >= 11 is 0. The normalized spacial score (nSPS) is 31.0. The van der Waals surface area contributed by atoms with Crippen molar-refractivity contribution in [2.24, 2.45) is 5.92 Å². The standard InChI is InChI=1S/C14H25BO4.C2H6/c1-13(2)14(3,4)19-15(18-13)11-7-5-6-10(8-9-11)12(16)17;1-2/h10-11H,5-9H2,1-4H3,(H,16,17);1-2H3. The van der Waals surface area contributed by atoms with Crippen LogP contribution in [0.2, 0.25) is 5.82 Å². The third-order valence-corrected chi connectivity index (χ3v) is 5.02. The molecule has 122 valence electrons. The van der Waals surface area contributed by atoms with Crippen molar-refractivity contribution in [3.8, 4) is 0 Å². The Labute approximate surface area is 129 Å². The van der Waals surface area contributed by atoms with Crippen LogP contribution >= 0.6 is 0 Å². The fraction of sp³-hybridized carbons (Fsp3) is 0.938. The van der Waals surface area contributed by atoms with Gasteiger partial charge in [-0.25, -0.2) is 0 Å². The molecule has 0 aromatic rings. The summed E-state index contributed by atoms with van der Waals surface area (Å²) in [5, 5.41) is 9.12. The van der Waals surface area contributed by atoms with Crippen LogP contribution in [0, 0.1) is 5.92 Å². The zero-order valence-electron chi connectivity index (χ0n) is 14.4. The lowest BCUT2D eigenvalue weighted by atomic mass is 9.67. The molecule has 21 heavy (non-hydrogen) atoms. The van der Waals surface area contributed by atoms with E-state index in [4.69, 9.17) is 14.4 Å². The van der Waals surface area contributed by atoms with Gasteiger partial charge in [-0.1, -0.05) is 33.1 Å². The maximum Gasteiger partial charge on any atom is 0.461 e. The molecule has 1 N–H and O–H groups in total. The van der Waals surface area contributed by atoms with Crippen LogP contribution < -0.4 is 0 Å². The van der Waals surface area contributed by atoms with Gasteiger partial charge in [-0.05, 0) is 46.4 Å². The van der Waals surface area contributed by atoms with Crippen LogP contribution in [0.15, 0.2) is 0 Å². The van der Waals surface area contributed by atoms with Gasteiger partial charge in [0.15, 0.2) is 0 Å². The summed E-state index contributed by atoms with van der Waals surface area (Å²) in [6.45, 7) is 12.2. The highest BCUT2D eigenvalue weighted by Gasteiger charge is 2.53. The van der Waals surface area contributed by atoms with E-state index in [0.717, 1.165) is 32.1 Å². The van der Waals surface area contributed by atoms with E-state index < -0.39 is 5.97 Å². The van der Waals surface area contributed by atoms with Crippen molar-refractivity contribution in [1.29, 1.82) is 0 Å².